The Kier molecular flexibility index (Phi) is 7.22. The molecular weight excluding hydrogens is 322 g/mol. The van der Waals surface area contributed by atoms with Crippen LogP contribution >= 0.6 is 23.5 Å². The lowest BCUT2D eigenvalue weighted by atomic mass is 10.2. The third-order valence-corrected chi connectivity index (χ3v) is 5.30. The fourth-order valence-electron chi connectivity index (χ4n) is 1.84. The molecule has 0 spiro atoms. The van der Waals surface area contributed by atoms with E-state index in [9.17, 15) is 13.9 Å². The summed E-state index contributed by atoms with van der Waals surface area (Å²) in [5.74, 6) is 2.36. The molecule has 0 aliphatic heterocycles. The summed E-state index contributed by atoms with van der Waals surface area (Å²) in [6.07, 6.45) is -0.379. The zero-order valence-electron chi connectivity index (χ0n) is 12.0. The van der Waals surface area contributed by atoms with Crippen LogP contribution in [0, 0.1) is 11.6 Å². The number of halogens is 2. The predicted octanol–water partition coefficient (Wildman–Crippen LogP) is 4.49. The molecular formula is C17H18F2OS2. The van der Waals surface area contributed by atoms with Gasteiger partial charge in [0.1, 0.15) is 11.6 Å². The number of thioether (sulfide) groups is 2. The molecule has 0 radical (unpaired) electrons. The fourth-order valence-corrected chi connectivity index (χ4v) is 3.86. The molecule has 0 unspecified atom stereocenters. The Morgan fingerprint density at radius 1 is 0.727 bits per heavy atom. The van der Waals surface area contributed by atoms with E-state index in [4.69, 9.17) is 0 Å². The summed E-state index contributed by atoms with van der Waals surface area (Å²) in [4.78, 5) is 0. The second-order valence-corrected chi connectivity index (χ2v) is 7.00. The topological polar surface area (TPSA) is 20.2 Å². The van der Waals surface area contributed by atoms with Crippen molar-refractivity contribution < 1.29 is 13.9 Å². The Labute approximate surface area is 138 Å². The summed E-state index contributed by atoms with van der Waals surface area (Å²) in [7, 11) is 0. The molecule has 0 bridgehead atoms. The zero-order valence-corrected chi connectivity index (χ0v) is 13.7. The smallest absolute Gasteiger partial charge is 0.123 e. The fraction of sp³-hybridized carbons (Fsp3) is 0.294. The largest absolute Gasteiger partial charge is 0.391 e. The lowest BCUT2D eigenvalue weighted by molar-refractivity contribution is 0.225. The van der Waals surface area contributed by atoms with Crippen LogP contribution in [0.25, 0.3) is 0 Å². The van der Waals surface area contributed by atoms with Gasteiger partial charge in [0, 0.05) is 23.0 Å². The minimum atomic E-state index is -0.379. The van der Waals surface area contributed by atoms with Crippen molar-refractivity contribution >= 4 is 23.5 Å². The van der Waals surface area contributed by atoms with Crippen molar-refractivity contribution in [1.29, 1.82) is 0 Å². The van der Waals surface area contributed by atoms with Crippen LogP contribution in [0.1, 0.15) is 11.1 Å². The monoisotopic (exact) mass is 340 g/mol. The highest BCUT2D eigenvalue weighted by Crippen LogP contribution is 2.18. The van der Waals surface area contributed by atoms with E-state index in [-0.39, 0.29) is 17.7 Å². The molecule has 5 heteroatoms. The van der Waals surface area contributed by atoms with E-state index in [0.29, 0.717) is 11.5 Å². The van der Waals surface area contributed by atoms with Crippen molar-refractivity contribution in [1.82, 2.24) is 0 Å². The van der Waals surface area contributed by atoms with Crippen LogP contribution in [0.15, 0.2) is 48.5 Å². The molecule has 0 saturated heterocycles. The van der Waals surface area contributed by atoms with Crippen LogP contribution in [0.2, 0.25) is 0 Å². The molecule has 118 valence electrons. The molecule has 0 saturated carbocycles. The van der Waals surface area contributed by atoms with E-state index >= 15 is 0 Å². The van der Waals surface area contributed by atoms with Crippen molar-refractivity contribution in [3.63, 3.8) is 0 Å². The number of hydrogen-bond donors (Lipinski definition) is 1. The molecule has 1 nitrogen and oxygen atoms in total. The summed E-state index contributed by atoms with van der Waals surface area (Å²) >= 11 is 3.27. The van der Waals surface area contributed by atoms with Crippen molar-refractivity contribution in [2.75, 3.05) is 11.5 Å². The maximum atomic E-state index is 12.8. The van der Waals surface area contributed by atoms with Gasteiger partial charge in [0.2, 0.25) is 0 Å². The average Bonchev–Trinajstić information content (AvgIpc) is 2.51. The van der Waals surface area contributed by atoms with E-state index < -0.39 is 0 Å². The van der Waals surface area contributed by atoms with E-state index in [1.165, 1.54) is 24.3 Å². The lowest BCUT2D eigenvalue weighted by Crippen LogP contribution is -2.13. The van der Waals surface area contributed by atoms with Gasteiger partial charge in [0.25, 0.3) is 0 Å². The average molecular weight is 340 g/mol. The van der Waals surface area contributed by atoms with Crippen LogP contribution in [-0.4, -0.2) is 22.7 Å². The first-order valence-electron chi connectivity index (χ1n) is 6.96. The van der Waals surface area contributed by atoms with Gasteiger partial charge >= 0.3 is 0 Å². The van der Waals surface area contributed by atoms with Gasteiger partial charge in [-0.05, 0) is 35.4 Å². The Morgan fingerprint density at radius 3 is 1.45 bits per heavy atom. The zero-order chi connectivity index (χ0) is 15.8. The lowest BCUT2D eigenvalue weighted by Gasteiger charge is -2.10. The first kappa shape index (κ1) is 17.3. The van der Waals surface area contributed by atoms with Crippen molar-refractivity contribution in [3.05, 3.63) is 71.3 Å². The van der Waals surface area contributed by atoms with Gasteiger partial charge in [-0.15, -0.1) is 0 Å². The highest BCUT2D eigenvalue weighted by atomic mass is 32.2. The first-order chi connectivity index (χ1) is 10.6. The summed E-state index contributed by atoms with van der Waals surface area (Å²) < 4.78 is 25.5. The molecule has 2 aromatic rings. The van der Waals surface area contributed by atoms with E-state index in [2.05, 4.69) is 0 Å². The molecule has 0 aromatic heterocycles. The van der Waals surface area contributed by atoms with E-state index in [1.54, 1.807) is 47.8 Å². The number of rotatable bonds is 8. The Morgan fingerprint density at radius 2 is 1.09 bits per heavy atom. The van der Waals surface area contributed by atoms with Crippen molar-refractivity contribution in [2.24, 2.45) is 0 Å². The first-order valence-corrected chi connectivity index (χ1v) is 9.27. The molecule has 0 aliphatic rings. The molecule has 0 aliphatic carbocycles. The molecule has 2 rings (SSSR count). The number of hydrogen-bond acceptors (Lipinski definition) is 3. The Bertz CT molecular complexity index is 506. The molecule has 2 aromatic carbocycles. The van der Waals surface area contributed by atoms with E-state index in [1.807, 2.05) is 0 Å². The van der Waals surface area contributed by atoms with Crippen LogP contribution < -0.4 is 0 Å². The standard InChI is InChI=1S/C17H18F2OS2/c18-15-5-1-13(2-6-15)9-21-11-17(20)12-22-10-14-3-7-16(19)8-4-14/h1-8,17,20H,9-12H2. The van der Waals surface area contributed by atoms with Gasteiger partial charge in [0.15, 0.2) is 0 Å². The number of aliphatic hydroxyl groups excluding tert-OH is 1. The third-order valence-electron chi connectivity index (χ3n) is 2.98. The van der Waals surface area contributed by atoms with Crippen LogP contribution in [0.3, 0.4) is 0 Å². The normalized spacial score (nSPS) is 11.1. The maximum absolute atomic E-state index is 12.8. The quantitative estimate of drug-likeness (QED) is 0.764. The molecule has 0 amide bonds. The minimum absolute atomic E-state index is 0.231. The second-order valence-electron chi connectivity index (χ2n) is 4.94. The third kappa shape index (κ3) is 6.38. The van der Waals surface area contributed by atoms with Gasteiger partial charge in [-0.3, -0.25) is 0 Å². The highest BCUT2D eigenvalue weighted by Gasteiger charge is 2.05. The van der Waals surface area contributed by atoms with Gasteiger partial charge in [-0.1, -0.05) is 24.3 Å². The summed E-state index contributed by atoms with van der Waals surface area (Å²) in [5, 5.41) is 9.93. The van der Waals surface area contributed by atoms with Crippen LogP contribution in [0.4, 0.5) is 8.78 Å². The summed E-state index contributed by atoms with van der Waals surface area (Å²) in [6.45, 7) is 0. The highest BCUT2D eigenvalue weighted by molar-refractivity contribution is 7.99. The van der Waals surface area contributed by atoms with Crippen molar-refractivity contribution in [2.45, 2.75) is 17.6 Å². The molecule has 0 fully saturated rings. The Balaban J connectivity index is 1.60. The number of benzene rings is 2. The van der Waals surface area contributed by atoms with Gasteiger partial charge in [0.05, 0.1) is 6.10 Å². The molecule has 1 N–H and O–H groups in total. The summed E-state index contributed by atoms with van der Waals surface area (Å²) in [5.41, 5.74) is 2.11. The molecule has 22 heavy (non-hydrogen) atoms. The molecule has 0 atom stereocenters. The van der Waals surface area contributed by atoms with Crippen molar-refractivity contribution in [3.8, 4) is 0 Å². The predicted molar refractivity (Wildman–Crippen MR) is 91.1 cm³/mol. The van der Waals surface area contributed by atoms with Crippen LogP contribution in [0.5, 0.6) is 0 Å². The van der Waals surface area contributed by atoms with Crippen LogP contribution in [-0.2, 0) is 11.5 Å². The molecule has 0 heterocycles. The number of aliphatic hydroxyl groups is 1. The van der Waals surface area contributed by atoms with Gasteiger partial charge in [-0.25, -0.2) is 8.78 Å². The second kappa shape index (κ2) is 9.18. The van der Waals surface area contributed by atoms with E-state index in [0.717, 1.165) is 22.6 Å². The SMILES string of the molecule is OC(CSCc1ccc(F)cc1)CSCc1ccc(F)cc1. The Hall–Kier alpha value is -1.04. The van der Waals surface area contributed by atoms with Gasteiger partial charge in [-0.2, -0.15) is 23.5 Å². The summed E-state index contributed by atoms with van der Waals surface area (Å²) in [6, 6.07) is 12.8. The minimum Gasteiger partial charge on any atom is -0.391 e. The maximum Gasteiger partial charge on any atom is 0.123 e. The van der Waals surface area contributed by atoms with Gasteiger partial charge < -0.3 is 5.11 Å².